The molecule has 6 nitrogen and oxygen atoms in total. The summed E-state index contributed by atoms with van der Waals surface area (Å²) in [6.45, 7) is 2.41. The first-order valence-corrected chi connectivity index (χ1v) is 8.63. The molecule has 0 bridgehead atoms. The third-order valence-electron chi connectivity index (χ3n) is 4.86. The Balaban J connectivity index is 1.66. The van der Waals surface area contributed by atoms with Crippen LogP contribution < -0.4 is 5.32 Å². The van der Waals surface area contributed by atoms with Crippen LogP contribution >= 0.6 is 0 Å². The molecular formula is C21H17N3O3. The quantitative estimate of drug-likeness (QED) is 0.650. The molecule has 134 valence electrons. The second-order valence-corrected chi connectivity index (χ2v) is 6.95. The lowest BCUT2D eigenvalue weighted by Crippen LogP contribution is -2.42. The number of aromatic nitrogens is 1. The van der Waals surface area contributed by atoms with Crippen LogP contribution in [0, 0.1) is 24.2 Å². The molecule has 2 aliphatic rings. The van der Waals surface area contributed by atoms with Crippen molar-refractivity contribution in [2.45, 2.75) is 19.9 Å². The second kappa shape index (κ2) is 6.36. The second-order valence-electron chi connectivity index (χ2n) is 6.95. The van der Waals surface area contributed by atoms with E-state index in [4.69, 9.17) is 0 Å². The van der Waals surface area contributed by atoms with Crippen molar-refractivity contribution in [3.63, 3.8) is 0 Å². The molecule has 0 radical (unpaired) electrons. The van der Waals surface area contributed by atoms with Gasteiger partial charge in [-0.25, -0.2) is 0 Å². The molecule has 3 amide bonds. The number of amides is 3. The fourth-order valence-corrected chi connectivity index (χ4v) is 3.47. The summed E-state index contributed by atoms with van der Waals surface area (Å²) in [4.78, 5) is 42.8. The third kappa shape index (κ3) is 3.08. The highest BCUT2D eigenvalue weighted by atomic mass is 16.2. The predicted octanol–water partition coefficient (Wildman–Crippen LogP) is 1.43. The van der Waals surface area contributed by atoms with Crippen LogP contribution in [-0.2, 0) is 16.1 Å². The fraction of sp³-hybridized carbons (Fsp3) is 0.238. The van der Waals surface area contributed by atoms with Crippen molar-refractivity contribution < 1.29 is 14.4 Å². The Labute approximate surface area is 156 Å². The first-order chi connectivity index (χ1) is 13.0. The number of imide groups is 1. The molecule has 0 spiro atoms. The summed E-state index contributed by atoms with van der Waals surface area (Å²) in [5.41, 5.74) is 1.97. The Morgan fingerprint density at radius 3 is 2.81 bits per heavy atom. The van der Waals surface area contributed by atoms with Gasteiger partial charge < -0.3 is 4.90 Å². The summed E-state index contributed by atoms with van der Waals surface area (Å²) < 4.78 is 0. The summed E-state index contributed by atoms with van der Waals surface area (Å²) in [6, 6.07) is 9.27. The first kappa shape index (κ1) is 17.0. The van der Waals surface area contributed by atoms with E-state index in [9.17, 15) is 14.4 Å². The molecule has 1 atom stereocenters. The van der Waals surface area contributed by atoms with Gasteiger partial charge in [-0.1, -0.05) is 29.5 Å². The summed E-state index contributed by atoms with van der Waals surface area (Å²) in [6.07, 6.45) is 3.17. The van der Waals surface area contributed by atoms with Crippen LogP contribution in [0.15, 0.2) is 42.7 Å². The van der Waals surface area contributed by atoms with Crippen molar-refractivity contribution in [1.29, 1.82) is 0 Å². The van der Waals surface area contributed by atoms with Gasteiger partial charge in [0.25, 0.3) is 5.91 Å². The number of carbonyl (C=O) groups excluding carboxylic acids is 3. The van der Waals surface area contributed by atoms with Crippen molar-refractivity contribution in [2.75, 3.05) is 6.54 Å². The van der Waals surface area contributed by atoms with Crippen LogP contribution in [0.5, 0.6) is 0 Å². The molecular weight excluding hydrogens is 342 g/mol. The van der Waals surface area contributed by atoms with Gasteiger partial charge in [0.2, 0.25) is 11.8 Å². The maximum absolute atomic E-state index is 12.8. The SMILES string of the molecule is Cc1ccc2c(c1)C(=O)N(C[C@]1(C#Cc3cccnc3)CC(=O)NC1=O)C2. The standard InChI is InChI=1S/C21H17N3O3/c1-14-4-5-16-12-24(19(26)17(16)9-14)13-21(10-18(25)23-20(21)27)7-6-15-3-2-8-22-11-15/h2-5,8-9,11H,10,12-13H2,1H3,(H,23,25,27)/t21-/m0/s1. The Bertz CT molecular complexity index is 1020. The summed E-state index contributed by atoms with van der Waals surface area (Å²) in [5.74, 6) is 4.93. The normalized spacial score (nSPS) is 20.9. The van der Waals surface area contributed by atoms with Gasteiger partial charge in [0.05, 0.1) is 6.42 Å². The number of nitrogens with zero attached hydrogens (tertiary/aromatic N) is 2. The van der Waals surface area contributed by atoms with Gasteiger partial charge in [0.1, 0.15) is 5.41 Å². The zero-order chi connectivity index (χ0) is 19.0. The van der Waals surface area contributed by atoms with Crippen LogP contribution in [0.2, 0.25) is 0 Å². The van der Waals surface area contributed by atoms with E-state index in [1.807, 2.05) is 25.1 Å². The minimum absolute atomic E-state index is 0.0573. The highest BCUT2D eigenvalue weighted by molar-refractivity contribution is 6.08. The number of benzene rings is 1. The zero-order valence-corrected chi connectivity index (χ0v) is 14.8. The van der Waals surface area contributed by atoms with Gasteiger partial charge >= 0.3 is 0 Å². The van der Waals surface area contributed by atoms with Gasteiger partial charge in [-0.15, -0.1) is 0 Å². The minimum atomic E-state index is -1.25. The van der Waals surface area contributed by atoms with Crippen molar-refractivity contribution in [1.82, 2.24) is 15.2 Å². The molecule has 27 heavy (non-hydrogen) atoms. The van der Waals surface area contributed by atoms with Crippen LogP contribution in [0.4, 0.5) is 0 Å². The molecule has 1 saturated heterocycles. The van der Waals surface area contributed by atoms with E-state index in [1.54, 1.807) is 29.4 Å². The molecule has 4 rings (SSSR count). The number of carbonyl (C=O) groups is 3. The lowest BCUT2D eigenvalue weighted by atomic mass is 9.86. The first-order valence-electron chi connectivity index (χ1n) is 8.63. The molecule has 2 aliphatic heterocycles. The van der Waals surface area contributed by atoms with Gasteiger partial charge in [0, 0.05) is 36.6 Å². The number of rotatable bonds is 2. The van der Waals surface area contributed by atoms with Crippen LogP contribution in [0.25, 0.3) is 0 Å². The van der Waals surface area contributed by atoms with E-state index in [2.05, 4.69) is 22.1 Å². The van der Waals surface area contributed by atoms with E-state index in [0.717, 1.165) is 11.1 Å². The highest BCUT2D eigenvalue weighted by Crippen LogP contribution is 2.32. The molecule has 2 aromatic rings. The smallest absolute Gasteiger partial charge is 0.254 e. The van der Waals surface area contributed by atoms with Crippen molar-refractivity contribution in [2.24, 2.45) is 5.41 Å². The minimum Gasteiger partial charge on any atom is -0.332 e. The van der Waals surface area contributed by atoms with E-state index in [-0.39, 0.29) is 24.8 Å². The average Bonchev–Trinajstić information content (AvgIpc) is 3.11. The van der Waals surface area contributed by atoms with Crippen molar-refractivity contribution in [3.05, 3.63) is 65.0 Å². The summed E-state index contributed by atoms with van der Waals surface area (Å²) in [7, 11) is 0. The Morgan fingerprint density at radius 1 is 1.26 bits per heavy atom. The Hall–Kier alpha value is -3.46. The number of hydrogen-bond acceptors (Lipinski definition) is 4. The van der Waals surface area contributed by atoms with Gasteiger partial charge in [-0.3, -0.25) is 24.7 Å². The number of hydrogen-bond donors (Lipinski definition) is 1. The van der Waals surface area contributed by atoms with Gasteiger partial charge in [-0.2, -0.15) is 0 Å². The largest absolute Gasteiger partial charge is 0.332 e. The van der Waals surface area contributed by atoms with E-state index in [0.29, 0.717) is 17.7 Å². The predicted molar refractivity (Wildman–Crippen MR) is 97.2 cm³/mol. The molecule has 6 heteroatoms. The van der Waals surface area contributed by atoms with E-state index < -0.39 is 11.3 Å². The van der Waals surface area contributed by atoms with Gasteiger partial charge in [0.15, 0.2) is 0 Å². The number of nitrogens with one attached hydrogen (secondary N) is 1. The van der Waals surface area contributed by atoms with Crippen molar-refractivity contribution in [3.8, 4) is 11.8 Å². The van der Waals surface area contributed by atoms with Gasteiger partial charge in [-0.05, 0) is 30.7 Å². The Kier molecular flexibility index (Phi) is 4.00. The molecule has 1 N–H and O–H groups in total. The molecule has 0 aliphatic carbocycles. The molecule has 1 aromatic heterocycles. The molecule has 1 fully saturated rings. The third-order valence-corrected chi connectivity index (χ3v) is 4.86. The van der Waals surface area contributed by atoms with E-state index in [1.165, 1.54) is 0 Å². The Morgan fingerprint density at radius 2 is 2.11 bits per heavy atom. The topological polar surface area (TPSA) is 79.4 Å². The van der Waals surface area contributed by atoms with Crippen LogP contribution in [0.3, 0.4) is 0 Å². The monoisotopic (exact) mass is 359 g/mol. The summed E-state index contributed by atoms with van der Waals surface area (Å²) >= 11 is 0. The van der Waals surface area contributed by atoms with E-state index >= 15 is 0 Å². The number of fused-ring (bicyclic) bond motifs is 1. The lowest BCUT2D eigenvalue weighted by Gasteiger charge is -2.25. The van der Waals surface area contributed by atoms with Crippen LogP contribution in [-0.4, -0.2) is 34.2 Å². The fourth-order valence-electron chi connectivity index (χ4n) is 3.47. The lowest BCUT2D eigenvalue weighted by molar-refractivity contribution is -0.127. The maximum Gasteiger partial charge on any atom is 0.254 e. The highest BCUT2D eigenvalue weighted by Gasteiger charge is 2.48. The zero-order valence-electron chi connectivity index (χ0n) is 14.8. The number of aryl methyl sites for hydroxylation is 1. The average molecular weight is 359 g/mol. The maximum atomic E-state index is 12.8. The number of pyridine rings is 1. The van der Waals surface area contributed by atoms with Crippen molar-refractivity contribution >= 4 is 17.7 Å². The molecule has 0 saturated carbocycles. The summed E-state index contributed by atoms with van der Waals surface area (Å²) in [5, 5.41) is 2.33. The molecule has 1 aromatic carbocycles. The molecule has 0 unspecified atom stereocenters. The molecule has 3 heterocycles. The van der Waals surface area contributed by atoms with Crippen LogP contribution in [0.1, 0.15) is 33.5 Å².